The minimum absolute atomic E-state index is 0.103. The van der Waals surface area contributed by atoms with Gasteiger partial charge in [-0.15, -0.1) is 0 Å². The van der Waals surface area contributed by atoms with Gasteiger partial charge in [-0.25, -0.2) is 4.39 Å². The molecule has 0 radical (unpaired) electrons. The number of halogens is 1. The van der Waals surface area contributed by atoms with Gasteiger partial charge in [0.1, 0.15) is 5.82 Å². The van der Waals surface area contributed by atoms with Gasteiger partial charge in [0.05, 0.1) is 5.69 Å². The van der Waals surface area contributed by atoms with Crippen LogP contribution in [0.25, 0.3) is 0 Å². The summed E-state index contributed by atoms with van der Waals surface area (Å²) in [4.78, 5) is 2.35. The van der Waals surface area contributed by atoms with Crippen molar-refractivity contribution in [2.75, 3.05) is 32.0 Å². The average molecular weight is 220 g/mol. The van der Waals surface area contributed by atoms with Crippen molar-refractivity contribution in [3.05, 3.63) is 29.6 Å². The van der Waals surface area contributed by atoms with Crippen molar-refractivity contribution in [3.8, 4) is 0 Å². The Morgan fingerprint density at radius 2 is 2.06 bits per heavy atom. The number of anilines is 1. The van der Waals surface area contributed by atoms with E-state index in [1.165, 1.54) is 5.56 Å². The van der Waals surface area contributed by atoms with Crippen LogP contribution in [-0.2, 0) is 5.41 Å². The predicted octanol–water partition coefficient (Wildman–Crippen LogP) is 2.21. The van der Waals surface area contributed by atoms with Gasteiger partial charge in [0, 0.05) is 12.0 Å². The molecule has 0 amide bonds. The Hall–Kier alpha value is -1.09. The third-order valence-corrected chi connectivity index (χ3v) is 4.13. The zero-order valence-corrected chi connectivity index (χ0v) is 9.59. The first-order chi connectivity index (χ1) is 7.71. The lowest BCUT2D eigenvalue weighted by molar-refractivity contribution is 0.200. The van der Waals surface area contributed by atoms with Crippen LogP contribution in [-0.4, -0.2) is 31.6 Å². The summed E-state index contributed by atoms with van der Waals surface area (Å²) in [6, 6.07) is 5.46. The fraction of sp³-hybridized carbons (Fsp3) is 0.538. The first-order valence-electron chi connectivity index (χ1n) is 5.93. The predicted molar refractivity (Wildman–Crippen MR) is 63.3 cm³/mol. The van der Waals surface area contributed by atoms with Gasteiger partial charge in [0.25, 0.3) is 0 Å². The van der Waals surface area contributed by atoms with E-state index in [4.69, 9.17) is 0 Å². The second kappa shape index (κ2) is 3.45. The van der Waals surface area contributed by atoms with Gasteiger partial charge >= 0.3 is 0 Å². The molecule has 16 heavy (non-hydrogen) atoms. The minimum atomic E-state index is -0.103. The number of fused-ring (bicyclic) bond motifs is 2. The number of benzene rings is 1. The van der Waals surface area contributed by atoms with Crippen LogP contribution >= 0.6 is 0 Å². The Morgan fingerprint density at radius 1 is 1.31 bits per heavy atom. The van der Waals surface area contributed by atoms with Gasteiger partial charge < -0.3 is 10.2 Å². The van der Waals surface area contributed by atoms with Crippen LogP contribution in [0.3, 0.4) is 0 Å². The number of hydrogen-bond acceptors (Lipinski definition) is 2. The molecule has 1 fully saturated rings. The van der Waals surface area contributed by atoms with Crippen molar-refractivity contribution in [1.29, 1.82) is 0 Å². The van der Waals surface area contributed by atoms with E-state index in [0.29, 0.717) is 0 Å². The molecule has 86 valence electrons. The van der Waals surface area contributed by atoms with Gasteiger partial charge in [-0.3, -0.25) is 0 Å². The highest BCUT2D eigenvalue weighted by atomic mass is 19.1. The summed E-state index contributed by atoms with van der Waals surface area (Å²) < 4.78 is 13.6. The normalized spacial score (nSPS) is 23.1. The first-order valence-corrected chi connectivity index (χ1v) is 5.93. The van der Waals surface area contributed by atoms with E-state index >= 15 is 0 Å². The van der Waals surface area contributed by atoms with Crippen molar-refractivity contribution in [3.63, 3.8) is 0 Å². The van der Waals surface area contributed by atoms with Gasteiger partial charge in [-0.05, 0) is 44.6 Å². The van der Waals surface area contributed by atoms with E-state index in [0.717, 1.165) is 38.2 Å². The summed E-state index contributed by atoms with van der Waals surface area (Å²) in [5, 5.41) is 3.25. The number of rotatable bonds is 0. The SMILES string of the molecule is CN1CCC2(CC1)CNc1c(F)cccc12. The Balaban J connectivity index is 1.99. The maximum Gasteiger partial charge on any atom is 0.146 e. The summed E-state index contributed by atoms with van der Waals surface area (Å²) >= 11 is 0. The summed E-state index contributed by atoms with van der Waals surface area (Å²) in [6.45, 7) is 3.12. The van der Waals surface area contributed by atoms with Crippen molar-refractivity contribution in [2.24, 2.45) is 0 Å². The lowest BCUT2D eigenvalue weighted by Crippen LogP contribution is -2.42. The third-order valence-electron chi connectivity index (χ3n) is 4.13. The third kappa shape index (κ3) is 1.34. The maximum atomic E-state index is 13.6. The molecule has 2 aliphatic heterocycles. The lowest BCUT2D eigenvalue weighted by atomic mass is 9.74. The second-order valence-corrected chi connectivity index (χ2v) is 5.10. The summed E-state index contributed by atoms with van der Waals surface area (Å²) in [5.74, 6) is -0.103. The molecule has 0 atom stereocenters. The Kier molecular flexibility index (Phi) is 2.18. The topological polar surface area (TPSA) is 15.3 Å². The van der Waals surface area contributed by atoms with Crippen LogP contribution < -0.4 is 5.32 Å². The van der Waals surface area contributed by atoms with Gasteiger partial charge in [0.15, 0.2) is 0 Å². The molecule has 0 bridgehead atoms. The molecule has 1 saturated heterocycles. The molecule has 2 aliphatic rings. The van der Waals surface area contributed by atoms with Crippen LogP contribution in [0.4, 0.5) is 10.1 Å². The molecule has 0 aromatic heterocycles. The summed E-state index contributed by atoms with van der Waals surface area (Å²) in [7, 11) is 2.15. The van der Waals surface area contributed by atoms with Crippen LogP contribution in [0.1, 0.15) is 18.4 Å². The van der Waals surface area contributed by atoms with E-state index in [1.807, 2.05) is 6.07 Å². The number of piperidine rings is 1. The smallest absolute Gasteiger partial charge is 0.146 e. The minimum Gasteiger partial charge on any atom is -0.382 e. The molecule has 1 aromatic carbocycles. The van der Waals surface area contributed by atoms with Gasteiger partial charge in [-0.1, -0.05) is 12.1 Å². The van der Waals surface area contributed by atoms with E-state index in [1.54, 1.807) is 6.07 Å². The van der Waals surface area contributed by atoms with Crippen LogP contribution in [0.15, 0.2) is 18.2 Å². The zero-order chi connectivity index (χ0) is 11.2. The number of nitrogens with zero attached hydrogens (tertiary/aromatic N) is 1. The molecule has 3 rings (SSSR count). The highest BCUT2D eigenvalue weighted by Crippen LogP contribution is 2.44. The summed E-state index contributed by atoms with van der Waals surface area (Å²) in [5.41, 5.74) is 2.12. The van der Waals surface area contributed by atoms with E-state index in [9.17, 15) is 4.39 Å². The Labute approximate surface area is 95.4 Å². The van der Waals surface area contributed by atoms with Gasteiger partial charge in [0.2, 0.25) is 0 Å². The van der Waals surface area contributed by atoms with Crippen molar-refractivity contribution in [1.82, 2.24) is 4.90 Å². The molecule has 1 N–H and O–H groups in total. The standard InChI is InChI=1S/C13H17FN2/c1-16-7-5-13(6-8-16)9-15-12-10(13)3-2-4-11(12)14/h2-4,15H,5-9H2,1H3. The lowest BCUT2D eigenvalue weighted by Gasteiger charge is -2.37. The van der Waals surface area contributed by atoms with Crippen molar-refractivity contribution >= 4 is 5.69 Å². The Morgan fingerprint density at radius 3 is 2.81 bits per heavy atom. The summed E-state index contributed by atoms with van der Waals surface area (Å²) in [6.07, 6.45) is 2.26. The fourth-order valence-electron chi connectivity index (χ4n) is 2.99. The molecule has 1 spiro atoms. The molecule has 1 aromatic rings. The van der Waals surface area contributed by atoms with Gasteiger partial charge in [-0.2, -0.15) is 0 Å². The van der Waals surface area contributed by atoms with Crippen LogP contribution in [0.5, 0.6) is 0 Å². The molecular weight excluding hydrogens is 203 g/mol. The number of likely N-dealkylation sites (tertiary alicyclic amines) is 1. The monoisotopic (exact) mass is 220 g/mol. The van der Waals surface area contributed by atoms with Crippen molar-refractivity contribution < 1.29 is 4.39 Å². The Bertz CT molecular complexity index is 408. The van der Waals surface area contributed by atoms with E-state index in [2.05, 4.69) is 23.3 Å². The zero-order valence-electron chi connectivity index (χ0n) is 9.59. The first kappa shape index (κ1) is 10.1. The molecular formula is C13H17FN2. The molecule has 0 unspecified atom stereocenters. The number of nitrogens with one attached hydrogen (secondary N) is 1. The molecule has 2 heterocycles. The van der Waals surface area contributed by atoms with Crippen LogP contribution in [0.2, 0.25) is 0 Å². The number of para-hydroxylation sites is 1. The van der Waals surface area contributed by atoms with E-state index < -0.39 is 0 Å². The molecule has 0 saturated carbocycles. The number of hydrogen-bond donors (Lipinski definition) is 1. The average Bonchev–Trinajstić information content (AvgIpc) is 2.64. The highest BCUT2D eigenvalue weighted by Gasteiger charge is 2.41. The second-order valence-electron chi connectivity index (χ2n) is 5.10. The maximum absolute atomic E-state index is 13.6. The molecule has 2 nitrogen and oxygen atoms in total. The fourth-order valence-corrected chi connectivity index (χ4v) is 2.99. The van der Waals surface area contributed by atoms with E-state index in [-0.39, 0.29) is 11.2 Å². The molecule has 0 aliphatic carbocycles. The highest BCUT2D eigenvalue weighted by molar-refractivity contribution is 5.61. The molecule has 3 heteroatoms. The quantitative estimate of drug-likeness (QED) is 0.721. The largest absolute Gasteiger partial charge is 0.382 e. The van der Waals surface area contributed by atoms with Crippen molar-refractivity contribution in [2.45, 2.75) is 18.3 Å². The van der Waals surface area contributed by atoms with Crippen LogP contribution in [0, 0.1) is 5.82 Å².